The smallest absolute Gasteiger partial charge is 0.0932 e. The van der Waals surface area contributed by atoms with Crippen molar-refractivity contribution in [1.29, 1.82) is 0 Å². The highest BCUT2D eigenvalue weighted by Gasteiger charge is 1.93. The summed E-state index contributed by atoms with van der Waals surface area (Å²) in [4.78, 5) is 4.51. The SMILES string of the molecule is Cc1ccccc1CON. The molecule has 1 aromatic carbocycles. The molecule has 0 spiro atoms. The second-order valence-corrected chi connectivity index (χ2v) is 2.24. The topological polar surface area (TPSA) is 35.2 Å². The average molecular weight is 137 g/mol. The first-order chi connectivity index (χ1) is 4.84. The minimum atomic E-state index is 0.493. The van der Waals surface area contributed by atoms with Crippen LogP contribution in [-0.2, 0) is 11.4 Å². The summed E-state index contributed by atoms with van der Waals surface area (Å²) in [6, 6.07) is 8.01. The van der Waals surface area contributed by atoms with E-state index in [-0.39, 0.29) is 0 Å². The van der Waals surface area contributed by atoms with Crippen molar-refractivity contribution >= 4 is 0 Å². The fourth-order valence-electron chi connectivity index (χ4n) is 0.862. The molecule has 2 N–H and O–H groups in total. The highest BCUT2D eigenvalue weighted by Crippen LogP contribution is 2.06. The van der Waals surface area contributed by atoms with E-state index in [1.54, 1.807) is 0 Å². The molecule has 2 heteroatoms. The minimum Gasteiger partial charge on any atom is -0.300 e. The lowest BCUT2D eigenvalue weighted by Gasteiger charge is -2.01. The number of rotatable bonds is 2. The van der Waals surface area contributed by atoms with Gasteiger partial charge in [0, 0.05) is 0 Å². The van der Waals surface area contributed by atoms with Crippen LogP contribution in [0, 0.1) is 6.92 Å². The second-order valence-electron chi connectivity index (χ2n) is 2.24. The monoisotopic (exact) mass is 137 g/mol. The fourth-order valence-corrected chi connectivity index (χ4v) is 0.862. The van der Waals surface area contributed by atoms with Gasteiger partial charge < -0.3 is 0 Å². The van der Waals surface area contributed by atoms with E-state index < -0.39 is 0 Å². The molecule has 1 aromatic rings. The van der Waals surface area contributed by atoms with Gasteiger partial charge >= 0.3 is 0 Å². The number of benzene rings is 1. The summed E-state index contributed by atoms with van der Waals surface area (Å²) >= 11 is 0. The summed E-state index contributed by atoms with van der Waals surface area (Å²) in [6.45, 7) is 2.53. The molecule has 0 aromatic heterocycles. The lowest BCUT2D eigenvalue weighted by Crippen LogP contribution is -1.99. The van der Waals surface area contributed by atoms with E-state index in [0.717, 1.165) is 5.56 Å². The lowest BCUT2D eigenvalue weighted by molar-refractivity contribution is 0.123. The molecule has 0 aliphatic rings. The molecular weight excluding hydrogens is 126 g/mol. The molecule has 0 aliphatic heterocycles. The first-order valence-corrected chi connectivity index (χ1v) is 3.21. The van der Waals surface area contributed by atoms with Crippen molar-refractivity contribution in [2.24, 2.45) is 5.90 Å². The summed E-state index contributed by atoms with van der Waals surface area (Å²) in [7, 11) is 0. The quantitative estimate of drug-likeness (QED) is 0.625. The van der Waals surface area contributed by atoms with Crippen molar-refractivity contribution < 1.29 is 4.84 Å². The number of hydrogen-bond acceptors (Lipinski definition) is 2. The summed E-state index contributed by atoms with van der Waals surface area (Å²) in [6.07, 6.45) is 0. The van der Waals surface area contributed by atoms with Crippen molar-refractivity contribution in [3.05, 3.63) is 35.4 Å². The molecule has 0 radical (unpaired) electrons. The summed E-state index contributed by atoms with van der Waals surface area (Å²) in [5.74, 6) is 4.93. The van der Waals surface area contributed by atoms with Crippen LogP contribution in [0.3, 0.4) is 0 Å². The van der Waals surface area contributed by atoms with Gasteiger partial charge in [0.05, 0.1) is 6.61 Å². The fraction of sp³-hybridized carbons (Fsp3) is 0.250. The third-order valence-electron chi connectivity index (χ3n) is 1.50. The Hall–Kier alpha value is -0.860. The van der Waals surface area contributed by atoms with Crippen LogP contribution in [-0.4, -0.2) is 0 Å². The van der Waals surface area contributed by atoms with Crippen LogP contribution in [0.4, 0.5) is 0 Å². The van der Waals surface area contributed by atoms with Crippen LogP contribution >= 0.6 is 0 Å². The van der Waals surface area contributed by atoms with E-state index in [9.17, 15) is 0 Å². The molecule has 0 saturated heterocycles. The van der Waals surface area contributed by atoms with Gasteiger partial charge in [-0.25, -0.2) is 5.90 Å². The molecule has 0 heterocycles. The largest absolute Gasteiger partial charge is 0.300 e. The molecule has 0 unspecified atom stereocenters. The maximum Gasteiger partial charge on any atom is 0.0932 e. The molecule has 0 amide bonds. The molecule has 2 nitrogen and oxygen atoms in total. The van der Waals surface area contributed by atoms with Crippen LogP contribution in [0.1, 0.15) is 11.1 Å². The van der Waals surface area contributed by atoms with Crippen LogP contribution in [0.25, 0.3) is 0 Å². The summed E-state index contributed by atoms with van der Waals surface area (Å²) in [5, 5.41) is 0. The molecule has 0 bridgehead atoms. The highest BCUT2D eigenvalue weighted by molar-refractivity contribution is 5.24. The van der Waals surface area contributed by atoms with Gasteiger partial charge in [-0.1, -0.05) is 24.3 Å². The predicted molar refractivity (Wildman–Crippen MR) is 40.2 cm³/mol. The van der Waals surface area contributed by atoms with Gasteiger partial charge in [0.25, 0.3) is 0 Å². The molecule has 0 aliphatic carbocycles. The Kier molecular flexibility index (Phi) is 2.42. The van der Waals surface area contributed by atoms with Gasteiger partial charge in [-0.05, 0) is 18.1 Å². The van der Waals surface area contributed by atoms with Gasteiger partial charge in [-0.15, -0.1) is 0 Å². The predicted octanol–water partition coefficient (Wildman–Crippen LogP) is 1.39. The zero-order valence-electron chi connectivity index (χ0n) is 6.00. The van der Waals surface area contributed by atoms with Crippen LogP contribution in [0.15, 0.2) is 24.3 Å². The third-order valence-corrected chi connectivity index (χ3v) is 1.50. The summed E-state index contributed by atoms with van der Waals surface area (Å²) < 4.78 is 0. The number of hydrogen-bond donors (Lipinski definition) is 1. The Morgan fingerprint density at radius 2 is 2.10 bits per heavy atom. The first kappa shape index (κ1) is 7.25. The van der Waals surface area contributed by atoms with E-state index in [1.165, 1.54) is 5.56 Å². The zero-order chi connectivity index (χ0) is 7.40. The molecule has 54 valence electrons. The Morgan fingerprint density at radius 1 is 1.40 bits per heavy atom. The average Bonchev–Trinajstić information content (AvgIpc) is 1.94. The number of nitrogens with two attached hydrogens (primary N) is 1. The van der Waals surface area contributed by atoms with E-state index in [1.807, 2.05) is 31.2 Å². The molecule has 0 fully saturated rings. The molecular formula is C8H11NO. The Labute approximate surface area is 60.6 Å². The van der Waals surface area contributed by atoms with Crippen molar-refractivity contribution in [3.63, 3.8) is 0 Å². The van der Waals surface area contributed by atoms with Crippen LogP contribution < -0.4 is 5.90 Å². The van der Waals surface area contributed by atoms with Gasteiger partial charge in [0.1, 0.15) is 0 Å². The van der Waals surface area contributed by atoms with Gasteiger partial charge in [-0.3, -0.25) is 4.84 Å². The number of aryl methyl sites for hydroxylation is 1. The van der Waals surface area contributed by atoms with Crippen molar-refractivity contribution in [2.75, 3.05) is 0 Å². The Bertz CT molecular complexity index is 210. The molecule has 10 heavy (non-hydrogen) atoms. The van der Waals surface area contributed by atoms with Gasteiger partial charge in [0.2, 0.25) is 0 Å². The second kappa shape index (κ2) is 3.34. The molecule has 0 atom stereocenters. The maximum absolute atomic E-state index is 4.93. The van der Waals surface area contributed by atoms with E-state index in [0.29, 0.717) is 6.61 Å². The Morgan fingerprint density at radius 3 is 2.70 bits per heavy atom. The van der Waals surface area contributed by atoms with E-state index in [4.69, 9.17) is 5.90 Å². The highest BCUT2D eigenvalue weighted by atomic mass is 16.6. The maximum atomic E-state index is 4.93. The lowest BCUT2D eigenvalue weighted by atomic mass is 10.1. The van der Waals surface area contributed by atoms with E-state index >= 15 is 0 Å². The molecule has 1 rings (SSSR count). The van der Waals surface area contributed by atoms with Crippen LogP contribution in [0.5, 0.6) is 0 Å². The summed E-state index contributed by atoms with van der Waals surface area (Å²) in [5.41, 5.74) is 2.36. The van der Waals surface area contributed by atoms with E-state index in [2.05, 4.69) is 4.84 Å². The normalized spacial score (nSPS) is 9.80. The van der Waals surface area contributed by atoms with Crippen LogP contribution in [0.2, 0.25) is 0 Å². The molecule has 0 saturated carbocycles. The van der Waals surface area contributed by atoms with Crippen molar-refractivity contribution in [3.8, 4) is 0 Å². The Balaban J connectivity index is 2.81. The van der Waals surface area contributed by atoms with Crippen molar-refractivity contribution in [1.82, 2.24) is 0 Å². The third kappa shape index (κ3) is 1.56. The van der Waals surface area contributed by atoms with Crippen molar-refractivity contribution in [2.45, 2.75) is 13.5 Å². The van der Waals surface area contributed by atoms with Gasteiger partial charge in [0.15, 0.2) is 0 Å². The standard InChI is InChI=1S/C8H11NO/c1-7-4-2-3-5-8(7)6-10-9/h2-5H,6,9H2,1H3. The first-order valence-electron chi connectivity index (χ1n) is 3.21. The zero-order valence-corrected chi connectivity index (χ0v) is 6.00. The minimum absolute atomic E-state index is 0.493. The van der Waals surface area contributed by atoms with Gasteiger partial charge in [-0.2, -0.15) is 0 Å².